The molecule has 2 aromatic heterocycles. The Balaban J connectivity index is 1.51. The molecule has 1 unspecified atom stereocenters. The Morgan fingerprint density at radius 3 is 2.55 bits per heavy atom. The van der Waals surface area contributed by atoms with Crippen LogP contribution in [0.15, 0.2) is 65.1 Å². The molecule has 1 aliphatic rings. The lowest BCUT2D eigenvalue weighted by Gasteiger charge is -2.32. The third-order valence-corrected chi connectivity index (χ3v) is 6.67. The minimum absolute atomic E-state index is 0.0199. The Kier molecular flexibility index (Phi) is 7.21. The molecule has 0 bridgehead atoms. The summed E-state index contributed by atoms with van der Waals surface area (Å²) in [6, 6.07) is 16.4. The van der Waals surface area contributed by atoms with Crippen LogP contribution >= 0.6 is 0 Å². The highest BCUT2D eigenvalue weighted by Gasteiger charge is 2.35. The van der Waals surface area contributed by atoms with Crippen LogP contribution in [0.5, 0.6) is 5.75 Å². The topological polar surface area (TPSA) is 126 Å². The fourth-order valence-electron chi connectivity index (χ4n) is 4.76. The van der Waals surface area contributed by atoms with Gasteiger partial charge in [-0.25, -0.2) is 0 Å². The molecule has 196 valence electrons. The molecule has 1 atom stereocenters. The molecule has 2 N–H and O–H groups in total. The summed E-state index contributed by atoms with van der Waals surface area (Å²) in [5, 5.41) is 25.7. The number of phenols is 1. The Morgan fingerprint density at radius 1 is 1.11 bits per heavy atom. The number of carbonyl (C=O) groups is 2. The van der Waals surface area contributed by atoms with Crippen LogP contribution in [0.1, 0.15) is 48.6 Å². The van der Waals surface area contributed by atoms with Crippen molar-refractivity contribution in [1.82, 2.24) is 25.5 Å². The van der Waals surface area contributed by atoms with Crippen LogP contribution in [0.3, 0.4) is 0 Å². The molecule has 1 saturated carbocycles. The van der Waals surface area contributed by atoms with E-state index >= 15 is 0 Å². The van der Waals surface area contributed by atoms with Gasteiger partial charge in [-0.05, 0) is 61.7 Å². The normalized spacial score (nSPS) is 14.4. The standard InChI is InChI=1S/C28H30N6O4/c1-18-10-13-20(14-11-18)26(28(37)29-21-6-3-4-7-21)34(22-8-5-9-23(35)16-22)25(36)17-33-31-27(30-32-33)24-15-12-19(2)38-24/h5,8-16,21,26,35H,3-4,6-7,17H2,1-2H3,(H,29,37). The number of aromatic hydroxyl groups is 1. The smallest absolute Gasteiger partial charge is 0.251 e. The largest absolute Gasteiger partial charge is 0.508 e. The van der Waals surface area contributed by atoms with Gasteiger partial charge in [0.2, 0.25) is 11.7 Å². The molecule has 0 saturated heterocycles. The molecule has 1 aliphatic carbocycles. The van der Waals surface area contributed by atoms with Crippen molar-refractivity contribution in [1.29, 1.82) is 0 Å². The molecule has 10 nitrogen and oxygen atoms in total. The van der Waals surface area contributed by atoms with Gasteiger partial charge >= 0.3 is 0 Å². The number of benzene rings is 2. The number of amides is 2. The summed E-state index contributed by atoms with van der Waals surface area (Å²) < 4.78 is 5.56. The van der Waals surface area contributed by atoms with E-state index in [0.29, 0.717) is 22.8 Å². The first-order chi connectivity index (χ1) is 18.4. The quantitative estimate of drug-likeness (QED) is 0.363. The number of hydrogen-bond donors (Lipinski definition) is 2. The van der Waals surface area contributed by atoms with E-state index in [2.05, 4.69) is 20.7 Å². The van der Waals surface area contributed by atoms with Gasteiger partial charge in [-0.3, -0.25) is 14.5 Å². The van der Waals surface area contributed by atoms with E-state index in [1.54, 1.807) is 24.3 Å². The first kappa shape index (κ1) is 25.2. The summed E-state index contributed by atoms with van der Waals surface area (Å²) >= 11 is 0. The third-order valence-electron chi connectivity index (χ3n) is 6.67. The average molecular weight is 515 g/mol. The van der Waals surface area contributed by atoms with Crippen molar-refractivity contribution >= 4 is 17.5 Å². The van der Waals surface area contributed by atoms with E-state index < -0.39 is 11.9 Å². The zero-order valence-electron chi connectivity index (χ0n) is 21.4. The van der Waals surface area contributed by atoms with Gasteiger partial charge in [-0.1, -0.05) is 48.7 Å². The highest BCUT2D eigenvalue weighted by Crippen LogP contribution is 2.31. The predicted molar refractivity (Wildman–Crippen MR) is 140 cm³/mol. The lowest BCUT2D eigenvalue weighted by atomic mass is 10.0. The monoisotopic (exact) mass is 514 g/mol. The SMILES string of the molecule is Cc1ccc(C(C(=O)NC2CCCC2)N(C(=O)Cn2nnc(-c3ccc(C)o3)n2)c2cccc(O)c2)cc1. The third kappa shape index (κ3) is 5.59. The number of furan rings is 1. The molecule has 2 aromatic carbocycles. The van der Waals surface area contributed by atoms with Crippen molar-refractivity contribution in [2.75, 3.05) is 4.90 Å². The van der Waals surface area contributed by atoms with Gasteiger partial charge in [0.05, 0.1) is 0 Å². The Labute approximate surface area is 220 Å². The second-order valence-corrected chi connectivity index (χ2v) is 9.64. The van der Waals surface area contributed by atoms with Crippen molar-refractivity contribution in [3.8, 4) is 17.3 Å². The second-order valence-electron chi connectivity index (χ2n) is 9.64. The molecule has 2 amide bonds. The van der Waals surface area contributed by atoms with E-state index in [1.807, 2.05) is 38.1 Å². The number of phenolic OH excluding ortho intramolecular Hbond substituents is 1. The maximum atomic E-state index is 13.9. The average Bonchev–Trinajstić information content (AvgIpc) is 3.66. The zero-order valence-corrected chi connectivity index (χ0v) is 21.4. The van der Waals surface area contributed by atoms with Gasteiger partial charge in [0.25, 0.3) is 5.91 Å². The van der Waals surface area contributed by atoms with E-state index in [0.717, 1.165) is 31.2 Å². The summed E-state index contributed by atoms with van der Waals surface area (Å²) in [5.41, 5.74) is 2.07. The molecule has 2 heterocycles. The minimum atomic E-state index is -0.971. The molecular weight excluding hydrogens is 484 g/mol. The molecule has 38 heavy (non-hydrogen) atoms. The van der Waals surface area contributed by atoms with Gasteiger partial charge in [-0.2, -0.15) is 4.80 Å². The Hall–Kier alpha value is -4.47. The summed E-state index contributed by atoms with van der Waals surface area (Å²) in [6.45, 7) is 3.50. The van der Waals surface area contributed by atoms with Crippen molar-refractivity contribution in [3.63, 3.8) is 0 Å². The highest BCUT2D eigenvalue weighted by molar-refractivity contribution is 6.01. The van der Waals surface area contributed by atoms with E-state index in [-0.39, 0.29) is 30.1 Å². The lowest BCUT2D eigenvalue weighted by Crippen LogP contribution is -2.47. The summed E-state index contributed by atoms with van der Waals surface area (Å²) in [6.07, 6.45) is 3.93. The molecule has 4 aromatic rings. The van der Waals surface area contributed by atoms with Gasteiger partial charge in [0, 0.05) is 17.8 Å². The summed E-state index contributed by atoms with van der Waals surface area (Å²) in [5.74, 6) is 0.659. The number of aryl methyl sites for hydroxylation is 2. The first-order valence-corrected chi connectivity index (χ1v) is 12.7. The van der Waals surface area contributed by atoms with Gasteiger partial charge < -0.3 is 14.8 Å². The van der Waals surface area contributed by atoms with E-state index in [4.69, 9.17) is 4.42 Å². The number of aromatic nitrogens is 4. The van der Waals surface area contributed by atoms with Crippen LogP contribution in [0.4, 0.5) is 5.69 Å². The predicted octanol–water partition coefficient (Wildman–Crippen LogP) is 4.09. The van der Waals surface area contributed by atoms with Crippen LogP contribution in [0.25, 0.3) is 11.6 Å². The Bertz CT molecular complexity index is 1420. The van der Waals surface area contributed by atoms with Crippen LogP contribution in [0.2, 0.25) is 0 Å². The second kappa shape index (κ2) is 10.9. The first-order valence-electron chi connectivity index (χ1n) is 12.7. The molecule has 1 fully saturated rings. The van der Waals surface area contributed by atoms with Crippen LogP contribution in [-0.4, -0.2) is 43.2 Å². The van der Waals surface area contributed by atoms with E-state index in [1.165, 1.54) is 21.8 Å². The number of carbonyl (C=O) groups excluding carboxylic acids is 2. The highest BCUT2D eigenvalue weighted by atomic mass is 16.3. The number of nitrogens with one attached hydrogen (secondary N) is 1. The fourth-order valence-corrected chi connectivity index (χ4v) is 4.76. The van der Waals surface area contributed by atoms with Crippen molar-refractivity contribution in [2.24, 2.45) is 0 Å². The minimum Gasteiger partial charge on any atom is -0.508 e. The number of nitrogens with zero attached hydrogens (tertiary/aromatic N) is 5. The molecule has 0 spiro atoms. The van der Waals surface area contributed by atoms with Crippen molar-refractivity contribution in [2.45, 2.75) is 58.2 Å². The maximum absolute atomic E-state index is 13.9. The van der Waals surface area contributed by atoms with Gasteiger partial charge in [0.15, 0.2) is 5.76 Å². The van der Waals surface area contributed by atoms with Crippen LogP contribution in [0, 0.1) is 13.8 Å². The molecule has 10 heteroatoms. The summed E-state index contributed by atoms with van der Waals surface area (Å²) in [4.78, 5) is 30.3. The number of tetrazole rings is 1. The molecular formula is C28H30N6O4. The lowest BCUT2D eigenvalue weighted by molar-refractivity contribution is -0.127. The molecule has 0 radical (unpaired) electrons. The van der Waals surface area contributed by atoms with Gasteiger partial charge in [0.1, 0.15) is 24.1 Å². The number of anilines is 1. The van der Waals surface area contributed by atoms with Crippen LogP contribution < -0.4 is 10.2 Å². The van der Waals surface area contributed by atoms with Crippen molar-refractivity contribution in [3.05, 3.63) is 77.6 Å². The zero-order chi connectivity index (χ0) is 26.6. The Morgan fingerprint density at radius 2 is 1.87 bits per heavy atom. The number of hydrogen-bond acceptors (Lipinski definition) is 7. The van der Waals surface area contributed by atoms with Crippen LogP contribution in [-0.2, 0) is 16.1 Å². The van der Waals surface area contributed by atoms with Gasteiger partial charge in [-0.15, -0.1) is 10.2 Å². The fraction of sp³-hybridized carbons (Fsp3) is 0.321. The number of rotatable bonds is 8. The molecule has 0 aliphatic heterocycles. The van der Waals surface area contributed by atoms with E-state index in [9.17, 15) is 14.7 Å². The van der Waals surface area contributed by atoms with Crippen molar-refractivity contribution < 1.29 is 19.1 Å². The summed E-state index contributed by atoms with van der Waals surface area (Å²) in [7, 11) is 0. The molecule has 5 rings (SSSR count). The maximum Gasteiger partial charge on any atom is 0.251 e.